The SMILES string of the molecule is O=CC1C[C@]23COCCOC2CC[C@H]3[C@@H]2CC=C3CCCC[C@@H]3[C@@H]12. The first-order chi connectivity index (χ1) is 11.8. The van der Waals surface area contributed by atoms with Crippen LogP contribution in [0.15, 0.2) is 11.6 Å². The van der Waals surface area contributed by atoms with Crippen LogP contribution >= 0.6 is 0 Å². The molecule has 1 spiro atoms. The van der Waals surface area contributed by atoms with Crippen LogP contribution in [0.25, 0.3) is 0 Å². The molecule has 1 aliphatic heterocycles. The summed E-state index contributed by atoms with van der Waals surface area (Å²) < 4.78 is 12.2. The van der Waals surface area contributed by atoms with E-state index in [0.717, 1.165) is 26.2 Å². The van der Waals surface area contributed by atoms with Crippen molar-refractivity contribution in [2.24, 2.45) is 35.0 Å². The molecule has 0 N–H and O–H groups in total. The second-order valence-electron chi connectivity index (χ2n) is 8.94. The van der Waals surface area contributed by atoms with Crippen molar-refractivity contribution >= 4 is 6.29 Å². The molecule has 0 aromatic heterocycles. The molecule has 0 amide bonds. The number of ether oxygens (including phenoxy) is 2. The Bertz CT molecular complexity index is 541. The van der Waals surface area contributed by atoms with Crippen molar-refractivity contribution in [1.29, 1.82) is 0 Å². The van der Waals surface area contributed by atoms with Gasteiger partial charge in [-0.1, -0.05) is 18.1 Å². The topological polar surface area (TPSA) is 35.5 Å². The molecular weight excluding hydrogens is 300 g/mol. The first kappa shape index (κ1) is 15.6. The highest BCUT2D eigenvalue weighted by atomic mass is 16.5. The maximum Gasteiger partial charge on any atom is 0.123 e. The summed E-state index contributed by atoms with van der Waals surface area (Å²) in [6.07, 6.45) is 14.1. The van der Waals surface area contributed by atoms with Gasteiger partial charge in [0.05, 0.1) is 25.9 Å². The molecule has 5 rings (SSSR count). The molecule has 0 bridgehead atoms. The number of hydrogen-bond acceptors (Lipinski definition) is 3. The van der Waals surface area contributed by atoms with Gasteiger partial charge in [-0.25, -0.2) is 0 Å². The summed E-state index contributed by atoms with van der Waals surface area (Å²) in [5.74, 6) is 2.87. The van der Waals surface area contributed by atoms with Gasteiger partial charge in [0.1, 0.15) is 6.29 Å². The van der Waals surface area contributed by atoms with E-state index in [2.05, 4.69) is 6.08 Å². The van der Waals surface area contributed by atoms with Gasteiger partial charge in [0.25, 0.3) is 0 Å². The third-order valence-corrected chi connectivity index (χ3v) is 8.16. The minimum Gasteiger partial charge on any atom is -0.378 e. The Hall–Kier alpha value is -0.670. The van der Waals surface area contributed by atoms with Crippen LogP contribution in [0.5, 0.6) is 0 Å². The van der Waals surface area contributed by atoms with Gasteiger partial charge in [-0.2, -0.15) is 0 Å². The molecule has 7 atom stereocenters. The van der Waals surface area contributed by atoms with Crippen molar-refractivity contribution in [1.82, 2.24) is 0 Å². The highest BCUT2D eigenvalue weighted by Crippen LogP contribution is 2.63. The Morgan fingerprint density at radius 1 is 1.17 bits per heavy atom. The van der Waals surface area contributed by atoms with Gasteiger partial charge in [0.15, 0.2) is 0 Å². The van der Waals surface area contributed by atoms with Crippen LogP contribution in [0.1, 0.15) is 51.4 Å². The van der Waals surface area contributed by atoms with E-state index < -0.39 is 0 Å². The van der Waals surface area contributed by atoms with Crippen LogP contribution in [0.2, 0.25) is 0 Å². The number of fused-ring (bicyclic) bond motifs is 4. The summed E-state index contributed by atoms with van der Waals surface area (Å²) in [6.45, 7) is 2.26. The normalized spacial score (nSPS) is 50.6. The summed E-state index contributed by atoms with van der Waals surface area (Å²) in [5, 5.41) is 0. The van der Waals surface area contributed by atoms with Gasteiger partial charge in [-0.3, -0.25) is 0 Å². The lowest BCUT2D eigenvalue weighted by Gasteiger charge is -2.56. The Morgan fingerprint density at radius 3 is 3.04 bits per heavy atom. The first-order valence-corrected chi connectivity index (χ1v) is 10.2. The van der Waals surface area contributed by atoms with Crippen molar-refractivity contribution < 1.29 is 14.3 Å². The van der Waals surface area contributed by atoms with Gasteiger partial charge < -0.3 is 14.3 Å². The minimum absolute atomic E-state index is 0.114. The van der Waals surface area contributed by atoms with E-state index in [1.807, 2.05) is 0 Å². The van der Waals surface area contributed by atoms with Crippen molar-refractivity contribution in [3.8, 4) is 0 Å². The Labute approximate surface area is 145 Å². The fraction of sp³-hybridized carbons (Fsp3) is 0.857. The molecule has 24 heavy (non-hydrogen) atoms. The zero-order valence-corrected chi connectivity index (χ0v) is 14.6. The summed E-state index contributed by atoms with van der Waals surface area (Å²) in [6, 6.07) is 0. The Kier molecular flexibility index (Phi) is 3.86. The van der Waals surface area contributed by atoms with Gasteiger partial charge >= 0.3 is 0 Å². The fourth-order valence-electron chi connectivity index (χ4n) is 7.35. The lowest BCUT2D eigenvalue weighted by molar-refractivity contribution is -0.135. The van der Waals surface area contributed by atoms with Crippen LogP contribution in [0, 0.1) is 35.0 Å². The van der Waals surface area contributed by atoms with Gasteiger partial charge in [0.2, 0.25) is 0 Å². The van der Waals surface area contributed by atoms with Gasteiger partial charge in [0, 0.05) is 11.3 Å². The number of rotatable bonds is 1. The predicted octanol–water partition coefficient (Wildman–Crippen LogP) is 3.77. The van der Waals surface area contributed by atoms with Crippen molar-refractivity contribution in [2.45, 2.75) is 57.5 Å². The smallest absolute Gasteiger partial charge is 0.123 e. The highest BCUT2D eigenvalue weighted by Gasteiger charge is 2.61. The number of carbonyl (C=O) groups is 1. The van der Waals surface area contributed by atoms with Crippen LogP contribution in [-0.2, 0) is 14.3 Å². The highest BCUT2D eigenvalue weighted by molar-refractivity contribution is 5.55. The maximum absolute atomic E-state index is 12.1. The third-order valence-electron chi connectivity index (χ3n) is 8.16. The van der Waals surface area contributed by atoms with Crippen molar-refractivity contribution in [3.63, 3.8) is 0 Å². The maximum atomic E-state index is 12.1. The van der Waals surface area contributed by atoms with Gasteiger partial charge in [-0.05, 0) is 68.6 Å². The molecule has 4 aliphatic carbocycles. The summed E-state index contributed by atoms with van der Waals surface area (Å²) in [7, 11) is 0. The Balaban J connectivity index is 1.53. The van der Waals surface area contributed by atoms with Crippen molar-refractivity contribution in [3.05, 3.63) is 11.6 Å². The van der Waals surface area contributed by atoms with E-state index in [4.69, 9.17) is 9.47 Å². The average molecular weight is 330 g/mol. The largest absolute Gasteiger partial charge is 0.378 e. The van der Waals surface area contributed by atoms with E-state index in [0.29, 0.717) is 29.8 Å². The van der Waals surface area contributed by atoms with E-state index in [1.165, 1.54) is 51.2 Å². The van der Waals surface area contributed by atoms with Crippen LogP contribution in [0.3, 0.4) is 0 Å². The molecule has 5 aliphatic rings. The van der Waals surface area contributed by atoms with Crippen LogP contribution in [0.4, 0.5) is 0 Å². The molecule has 0 aromatic carbocycles. The fourth-order valence-corrected chi connectivity index (χ4v) is 7.35. The van der Waals surface area contributed by atoms with Gasteiger partial charge in [-0.15, -0.1) is 0 Å². The molecule has 3 nitrogen and oxygen atoms in total. The lowest BCUT2D eigenvalue weighted by atomic mass is 9.49. The molecule has 1 heterocycles. The summed E-state index contributed by atoms with van der Waals surface area (Å²) in [4.78, 5) is 12.1. The van der Waals surface area contributed by atoms with Crippen LogP contribution < -0.4 is 0 Å². The van der Waals surface area contributed by atoms with E-state index in [-0.39, 0.29) is 11.3 Å². The molecular formula is C21H30O3. The first-order valence-electron chi connectivity index (χ1n) is 10.2. The molecule has 0 aromatic rings. The molecule has 3 heteroatoms. The Morgan fingerprint density at radius 2 is 2.12 bits per heavy atom. The second kappa shape index (κ2) is 5.95. The van der Waals surface area contributed by atoms with Crippen molar-refractivity contribution in [2.75, 3.05) is 19.8 Å². The molecule has 3 saturated carbocycles. The van der Waals surface area contributed by atoms with E-state index in [9.17, 15) is 4.79 Å². The molecule has 132 valence electrons. The third kappa shape index (κ3) is 2.13. The molecule has 2 unspecified atom stereocenters. The second-order valence-corrected chi connectivity index (χ2v) is 8.94. The standard InChI is InChI=1S/C21H30O3/c22-12-15-11-21-13-23-9-10-24-19(21)8-7-18(21)17-6-5-14-3-1-2-4-16(14)20(15)17/h5,12,15-20H,1-4,6-11,13H2/t15?,16-,17-,18-,19?,20+,21+/m0/s1. The van der Waals surface area contributed by atoms with Crippen LogP contribution in [-0.4, -0.2) is 32.2 Å². The van der Waals surface area contributed by atoms with E-state index >= 15 is 0 Å². The number of carbonyl (C=O) groups excluding carboxylic acids is 1. The average Bonchev–Trinajstić information content (AvgIpc) is 2.87. The molecule has 0 radical (unpaired) electrons. The zero-order chi connectivity index (χ0) is 16.1. The van der Waals surface area contributed by atoms with E-state index in [1.54, 1.807) is 5.57 Å². The summed E-state index contributed by atoms with van der Waals surface area (Å²) >= 11 is 0. The quantitative estimate of drug-likeness (QED) is 0.542. The lowest BCUT2D eigenvalue weighted by Crippen LogP contribution is -2.54. The zero-order valence-electron chi connectivity index (χ0n) is 14.6. The minimum atomic E-state index is 0.114. The molecule has 4 fully saturated rings. The monoisotopic (exact) mass is 330 g/mol. The predicted molar refractivity (Wildman–Crippen MR) is 91.5 cm³/mol. The number of allylic oxidation sites excluding steroid dienone is 2. The summed E-state index contributed by atoms with van der Waals surface area (Å²) in [5.41, 5.74) is 1.80. The number of hydrogen-bond donors (Lipinski definition) is 0. The number of aldehydes is 1. The molecule has 1 saturated heterocycles.